The first-order valence-electron chi connectivity index (χ1n) is 4.77. The van der Waals surface area contributed by atoms with Gasteiger partial charge in [0.15, 0.2) is 0 Å². The van der Waals surface area contributed by atoms with Crippen LogP contribution in [0.25, 0.3) is 0 Å². The molecular weight excluding hydrogens is 214 g/mol. The minimum absolute atomic E-state index is 0.296. The molecule has 0 aromatic carbocycles. The first kappa shape index (κ1) is 10.2. The highest BCUT2D eigenvalue weighted by Gasteiger charge is 2.23. The number of rotatable bonds is 3. The number of aromatic nitrogens is 1. The Morgan fingerprint density at radius 1 is 1.71 bits per heavy atom. The van der Waals surface area contributed by atoms with E-state index >= 15 is 0 Å². The van der Waals surface area contributed by atoms with Gasteiger partial charge in [-0.05, 0) is 19.1 Å². The second-order valence-corrected chi connectivity index (χ2v) is 5.68. The molecule has 1 fully saturated rings. The molecule has 2 rings (SSSR count). The number of nitrogens with zero attached hydrogens (tertiary/aromatic N) is 1. The zero-order valence-corrected chi connectivity index (χ0v) is 9.79. The van der Waals surface area contributed by atoms with E-state index in [4.69, 9.17) is 0 Å². The molecule has 14 heavy (non-hydrogen) atoms. The van der Waals surface area contributed by atoms with Gasteiger partial charge < -0.3 is 0 Å². The van der Waals surface area contributed by atoms with E-state index in [1.165, 1.54) is 0 Å². The van der Waals surface area contributed by atoms with Crippen molar-refractivity contribution in [3.63, 3.8) is 0 Å². The van der Waals surface area contributed by atoms with Gasteiger partial charge in [0.2, 0.25) is 0 Å². The topological polar surface area (TPSA) is 30.0 Å². The van der Waals surface area contributed by atoms with Crippen LogP contribution in [0.5, 0.6) is 0 Å². The van der Waals surface area contributed by atoms with Crippen LogP contribution < -0.4 is 0 Å². The molecule has 0 spiro atoms. The number of ketones is 1. The molecule has 0 bridgehead atoms. The summed E-state index contributed by atoms with van der Waals surface area (Å²) in [5.41, 5.74) is 1.03. The van der Waals surface area contributed by atoms with Crippen molar-refractivity contribution in [1.29, 1.82) is 0 Å². The van der Waals surface area contributed by atoms with E-state index in [2.05, 4.69) is 4.98 Å². The second-order valence-electron chi connectivity index (χ2n) is 3.59. The number of hydrogen-bond donors (Lipinski definition) is 0. The fourth-order valence-corrected chi connectivity index (χ4v) is 3.60. The Morgan fingerprint density at radius 2 is 2.57 bits per heavy atom. The van der Waals surface area contributed by atoms with E-state index in [1.54, 1.807) is 11.3 Å². The maximum atomic E-state index is 11.8. The first-order valence-corrected chi connectivity index (χ1v) is 6.80. The van der Waals surface area contributed by atoms with E-state index < -0.39 is 0 Å². The van der Waals surface area contributed by atoms with Gasteiger partial charge in [-0.25, -0.2) is 4.98 Å². The molecule has 1 aromatic rings. The van der Waals surface area contributed by atoms with Crippen LogP contribution in [0.3, 0.4) is 0 Å². The second kappa shape index (κ2) is 4.45. The van der Waals surface area contributed by atoms with Gasteiger partial charge in [0.1, 0.15) is 10.8 Å². The van der Waals surface area contributed by atoms with Crippen molar-refractivity contribution >= 4 is 28.9 Å². The van der Waals surface area contributed by atoms with Crippen LogP contribution in [0.15, 0.2) is 5.38 Å². The summed E-state index contributed by atoms with van der Waals surface area (Å²) in [4.78, 5) is 16.1. The third kappa shape index (κ3) is 2.36. The molecule has 1 saturated heterocycles. The van der Waals surface area contributed by atoms with Crippen LogP contribution in [0.4, 0.5) is 0 Å². The van der Waals surface area contributed by atoms with E-state index in [0.29, 0.717) is 18.1 Å². The minimum atomic E-state index is 0.296. The zero-order chi connectivity index (χ0) is 9.97. The highest BCUT2D eigenvalue weighted by Crippen LogP contribution is 2.25. The standard InChI is InChI=1S/C10H13NOS2/c1-7-5-14-10(11-7)4-9(12)8-2-3-13-6-8/h5,8H,2-4,6H2,1H3. The molecule has 0 N–H and O–H groups in total. The number of aryl methyl sites for hydroxylation is 1. The van der Waals surface area contributed by atoms with Crippen LogP contribution in [0.1, 0.15) is 17.1 Å². The maximum Gasteiger partial charge on any atom is 0.143 e. The number of carbonyl (C=O) groups excluding carboxylic acids is 1. The predicted octanol–water partition coefficient (Wildman–Crippen LogP) is 2.32. The van der Waals surface area contributed by atoms with Gasteiger partial charge in [-0.3, -0.25) is 4.79 Å². The molecule has 4 heteroatoms. The SMILES string of the molecule is Cc1csc(CC(=O)C2CCSC2)n1. The summed E-state index contributed by atoms with van der Waals surface area (Å²) < 4.78 is 0. The molecule has 1 aromatic heterocycles. The highest BCUT2D eigenvalue weighted by atomic mass is 32.2. The Bertz CT molecular complexity index is 329. The molecule has 2 nitrogen and oxygen atoms in total. The largest absolute Gasteiger partial charge is 0.299 e. The lowest BCUT2D eigenvalue weighted by atomic mass is 10.0. The molecule has 0 saturated carbocycles. The summed E-state index contributed by atoms with van der Waals surface area (Å²) in [6, 6.07) is 0. The Hall–Kier alpha value is -0.350. The fraction of sp³-hybridized carbons (Fsp3) is 0.600. The molecular formula is C10H13NOS2. The summed E-state index contributed by atoms with van der Waals surface area (Å²) in [5.74, 6) is 2.84. The van der Waals surface area contributed by atoms with Gasteiger partial charge in [-0.1, -0.05) is 0 Å². The minimum Gasteiger partial charge on any atom is -0.299 e. The maximum absolute atomic E-state index is 11.8. The van der Waals surface area contributed by atoms with Crippen molar-refractivity contribution in [2.75, 3.05) is 11.5 Å². The molecule has 1 unspecified atom stereocenters. The Kier molecular flexibility index (Phi) is 3.23. The number of hydrogen-bond acceptors (Lipinski definition) is 4. The zero-order valence-electron chi connectivity index (χ0n) is 8.16. The molecule has 0 amide bonds. The lowest BCUT2D eigenvalue weighted by Crippen LogP contribution is -2.15. The summed E-state index contributed by atoms with van der Waals surface area (Å²) >= 11 is 3.49. The Labute approximate surface area is 92.1 Å². The number of Topliss-reactive ketones (excluding diaryl/α,β-unsaturated/α-hetero) is 1. The molecule has 2 heterocycles. The lowest BCUT2D eigenvalue weighted by Gasteiger charge is -2.04. The van der Waals surface area contributed by atoms with Crippen LogP contribution in [-0.2, 0) is 11.2 Å². The van der Waals surface area contributed by atoms with Gasteiger partial charge in [0, 0.05) is 22.7 Å². The molecule has 76 valence electrons. The van der Waals surface area contributed by atoms with Crippen LogP contribution in [-0.4, -0.2) is 22.3 Å². The lowest BCUT2D eigenvalue weighted by molar-refractivity contribution is -0.121. The average molecular weight is 227 g/mol. The summed E-state index contributed by atoms with van der Waals surface area (Å²) in [5, 5.41) is 2.98. The van der Waals surface area contributed by atoms with Gasteiger partial charge >= 0.3 is 0 Å². The van der Waals surface area contributed by atoms with Crippen LogP contribution in [0.2, 0.25) is 0 Å². The predicted molar refractivity (Wildman–Crippen MR) is 61.0 cm³/mol. The molecule has 1 aliphatic rings. The van der Waals surface area contributed by atoms with E-state index in [-0.39, 0.29) is 0 Å². The summed E-state index contributed by atoms with van der Waals surface area (Å²) in [7, 11) is 0. The van der Waals surface area contributed by atoms with Crippen LogP contribution in [0, 0.1) is 12.8 Å². The molecule has 0 radical (unpaired) electrons. The van der Waals surface area contributed by atoms with E-state index in [9.17, 15) is 4.79 Å². The smallest absolute Gasteiger partial charge is 0.143 e. The Morgan fingerprint density at radius 3 is 3.14 bits per heavy atom. The monoisotopic (exact) mass is 227 g/mol. The van der Waals surface area contributed by atoms with E-state index in [0.717, 1.165) is 28.6 Å². The molecule has 1 atom stereocenters. The average Bonchev–Trinajstić information content (AvgIpc) is 2.75. The third-order valence-corrected chi connectivity index (χ3v) is 4.51. The fourth-order valence-electron chi connectivity index (χ4n) is 1.57. The Balaban J connectivity index is 1.93. The molecule has 0 aliphatic carbocycles. The van der Waals surface area contributed by atoms with Gasteiger partial charge in [-0.2, -0.15) is 11.8 Å². The van der Waals surface area contributed by atoms with Crippen molar-refractivity contribution in [3.05, 3.63) is 16.1 Å². The number of thiazole rings is 1. The normalized spacial score (nSPS) is 21.4. The highest BCUT2D eigenvalue weighted by molar-refractivity contribution is 7.99. The van der Waals surface area contributed by atoms with Crippen molar-refractivity contribution in [1.82, 2.24) is 4.98 Å². The van der Waals surface area contributed by atoms with Crippen molar-refractivity contribution < 1.29 is 4.79 Å². The number of carbonyl (C=O) groups is 1. The van der Waals surface area contributed by atoms with Crippen molar-refractivity contribution in [2.45, 2.75) is 19.8 Å². The quantitative estimate of drug-likeness (QED) is 0.793. The summed E-state index contributed by atoms with van der Waals surface area (Å²) in [6.45, 7) is 1.97. The van der Waals surface area contributed by atoms with Crippen molar-refractivity contribution in [3.8, 4) is 0 Å². The number of thioether (sulfide) groups is 1. The van der Waals surface area contributed by atoms with Gasteiger partial charge in [0.25, 0.3) is 0 Å². The summed E-state index contributed by atoms with van der Waals surface area (Å²) in [6.07, 6.45) is 1.61. The van der Waals surface area contributed by atoms with Gasteiger partial charge in [-0.15, -0.1) is 11.3 Å². The third-order valence-electron chi connectivity index (χ3n) is 2.38. The van der Waals surface area contributed by atoms with Crippen molar-refractivity contribution in [2.24, 2.45) is 5.92 Å². The molecule has 1 aliphatic heterocycles. The first-order chi connectivity index (χ1) is 6.75. The van der Waals surface area contributed by atoms with Gasteiger partial charge in [0.05, 0.1) is 6.42 Å². The van der Waals surface area contributed by atoms with E-state index in [1.807, 2.05) is 24.1 Å². The van der Waals surface area contributed by atoms with Crippen LogP contribution >= 0.6 is 23.1 Å².